The van der Waals surface area contributed by atoms with E-state index >= 15 is 0 Å². The Morgan fingerprint density at radius 1 is 1.17 bits per heavy atom. The quantitative estimate of drug-likeness (QED) is 0.789. The van der Waals surface area contributed by atoms with Gasteiger partial charge in [-0.25, -0.2) is 8.42 Å². The van der Waals surface area contributed by atoms with Crippen LogP contribution < -0.4 is 0 Å². The molecule has 1 fully saturated rings. The molecular formula is C16H24ClN3O3S. The molecule has 1 saturated heterocycles. The molecule has 0 saturated carbocycles. The van der Waals surface area contributed by atoms with Gasteiger partial charge in [0.1, 0.15) is 0 Å². The first-order valence-corrected chi connectivity index (χ1v) is 9.90. The minimum absolute atomic E-state index is 0.105. The summed E-state index contributed by atoms with van der Waals surface area (Å²) in [6.45, 7) is 7.13. The standard InChI is InChI=1S/C16H24ClN3O3S/c1-4-20(5-2)24(22,23)13-6-7-15(17)14(12-13)16(21)19-10-8-18(3)9-11-19/h6-7,12H,4-5,8-11H2,1-3H3. The molecule has 1 heterocycles. The highest BCUT2D eigenvalue weighted by Crippen LogP contribution is 2.24. The number of sulfonamides is 1. The third-order valence-corrected chi connectivity index (χ3v) is 6.68. The van der Waals surface area contributed by atoms with Gasteiger partial charge >= 0.3 is 0 Å². The normalized spacial score (nSPS) is 16.6. The Labute approximate surface area is 149 Å². The Hall–Kier alpha value is -1.15. The van der Waals surface area contributed by atoms with Crippen molar-refractivity contribution in [2.75, 3.05) is 46.3 Å². The third-order valence-electron chi connectivity index (χ3n) is 4.30. The summed E-state index contributed by atoms with van der Waals surface area (Å²) in [5.41, 5.74) is 0.245. The largest absolute Gasteiger partial charge is 0.336 e. The fourth-order valence-electron chi connectivity index (χ4n) is 2.72. The van der Waals surface area contributed by atoms with Crippen LogP contribution in [-0.4, -0.2) is 74.7 Å². The minimum atomic E-state index is -3.62. The molecule has 0 aromatic heterocycles. The van der Waals surface area contributed by atoms with Crippen LogP contribution in [0.5, 0.6) is 0 Å². The van der Waals surface area contributed by atoms with Crippen molar-refractivity contribution in [2.45, 2.75) is 18.7 Å². The first-order chi connectivity index (χ1) is 11.3. The Kier molecular flexibility index (Phi) is 6.25. The Morgan fingerprint density at radius 2 is 1.75 bits per heavy atom. The Morgan fingerprint density at radius 3 is 2.29 bits per heavy atom. The smallest absolute Gasteiger partial charge is 0.255 e. The summed E-state index contributed by atoms with van der Waals surface area (Å²) in [5, 5.41) is 0.275. The third kappa shape index (κ3) is 3.91. The zero-order chi connectivity index (χ0) is 17.9. The molecule has 1 amide bonds. The zero-order valence-corrected chi connectivity index (χ0v) is 15.9. The van der Waals surface area contributed by atoms with E-state index in [4.69, 9.17) is 11.6 Å². The molecule has 1 aromatic carbocycles. The van der Waals surface area contributed by atoms with Crippen LogP contribution in [0.1, 0.15) is 24.2 Å². The SMILES string of the molecule is CCN(CC)S(=O)(=O)c1ccc(Cl)c(C(=O)N2CCN(C)CC2)c1. The predicted molar refractivity (Wildman–Crippen MR) is 95.0 cm³/mol. The number of carbonyl (C=O) groups is 1. The number of benzene rings is 1. The van der Waals surface area contributed by atoms with Crippen molar-refractivity contribution in [3.05, 3.63) is 28.8 Å². The van der Waals surface area contributed by atoms with Crippen LogP contribution in [0.25, 0.3) is 0 Å². The Bertz CT molecular complexity index is 697. The number of piperazine rings is 1. The maximum atomic E-state index is 12.7. The second kappa shape index (κ2) is 7.82. The second-order valence-corrected chi connectivity index (χ2v) is 8.17. The van der Waals surface area contributed by atoms with Crippen LogP contribution in [0, 0.1) is 0 Å². The Balaban J connectivity index is 2.34. The fourth-order valence-corrected chi connectivity index (χ4v) is 4.40. The van der Waals surface area contributed by atoms with Crippen LogP contribution >= 0.6 is 11.6 Å². The predicted octanol–water partition coefficient (Wildman–Crippen LogP) is 1.76. The fraction of sp³-hybridized carbons (Fsp3) is 0.562. The number of likely N-dealkylation sites (N-methyl/N-ethyl adjacent to an activating group) is 1. The zero-order valence-electron chi connectivity index (χ0n) is 14.3. The highest BCUT2D eigenvalue weighted by atomic mass is 35.5. The minimum Gasteiger partial charge on any atom is -0.336 e. The second-order valence-electron chi connectivity index (χ2n) is 5.83. The van der Waals surface area contributed by atoms with Gasteiger partial charge in [0.05, 0.1) is 15.5 Å². The van der Waals surface area contributed by atoms with Gasteiger partial charge in [-0.2, -0.15) is 4.31 Å². The summed E-state index contributed by atoms with van der Waals surface area (Å²) < 4.78 is 26.7. The maximum Gasteiger partial charge on any atom is 0.255 e. The average Bonchev–Trinajstić information content (AvgIpc) is 2.56. The molecule has 0 spiro atoms. The van der Waals surface area contributed by atoms with E-state index in [0.29, 0.717) is 26.2 Å². The molecule has 0 aliphatic carbocycles. The van der Waals surface area contributed by atoms with Crippen LogP contribution in [0.15, 0.2) is 23.1 Å². The summed E-state index contributed by atoms with van der Waals surface area (Å²) in [4.78, 5) is 16.7. The highest BCUT2D eigenvalue weighted by Gasteiger charge is 2.26. The molecular weight excluding hydrogens is 350 g/mol. The van der Waals surface area contributed by atoms with Crippen LogP contribution in [0.2, 0.25) is 5.02 Å². The van der Waals surface area contributed by atoms with Gasteiger partial charge in [-0.05, 0) is 25.2 Å². The van der Waals surface area contributed by atoms with E-state index in [1.807, 2.05) is 7.05 Å². The summed E-state index contributed by atoms with van der Waals surface area (Å²) in [6, 6.07) is 4.34. The lowest BCUT2D eigenvalue weighted by molar-refractivity contribution is 0.0664. The van der Waals surface area contributed by atoms with Crippen molar-refractivity contribution in [3.8, 4) is 0 Å². The highest BCUT2D eigenvalue weighted by molar-refractivity contribution is 7.89. The number of halogens is 1. The molecule has 0 atom stereocenters. The molecule has 0 radical (unpaired) electrons. The van der Waals surface area contributed by atoms with Gasteiger partial charge in [0, 0.05) is 39.3 Å². The van der Waals surface area contributed by atoms with Crippen molar-refractivity contribution >= 4 is 27.5 Å². The first-order valence-electron chi connectivity index (χ1n) is 8.08. The first kappa shape index (κ1) is 19.2. The van der Waals surface area contributed by atoms with E-state index < -0.39 is 10.0 Å². The lowest BCUT2D eigenvalue weighted by Gasteiger charge is -2.32. The molecule has 134 valence electrons. The van der Waals surface area contributed by atoms with Crippen molar-refractivity contribution in [3.63, 3.8) is 0 Å². The molecule has 2 rings (SSSR count). The van der Waals surface area contributed by atoms with Crippen LogP contribution in [-0.2, 0) is 10.0 Å². The number of nitrogens with zero attached hydrogens (tertiary/aromatic N) is 3. The van der Waals surface area contributed by atoms with Gasteiger partial charge in [-0.15, -0.1) is 0 Å². The van der Waals surface area contributed by atoms with Gasteiger partial charge in [0.15, 0.2) is 0 Å². The molecule has 8 heteroatoms. The molecule has 1 aliphatic heterocycles. The summed E-state index contributed by atoms with van der Waals surface area (Å²) >= 11 is 6.17. The van der Waals surface area contributed by atoms with Crippen molar-refractivity contribution in [1.82, 2.24) is 14.1 Å². The van der Waals surface area contributed by atoms with Crippen LogP contribution in [0.4, 0.5) is 0 Å². The number of hydrogen-bond donors (Lipinski definition) is 0. The summed E-state index contributed by atoms with van der Waals surface area (Å²) in [7, 11) is -1.61. The summed E-state index contributed by atoms with van der Waals surface area (Å²) in [6.07, 6.45) is 0. The van der Waals surface area contributed by atoms with Gasteiger partial charge in [0.25, 0.3) is 5.91 Å². The van der Waals surface area contributed by atoms with E-state index in [2.05, 4.69) is 4.90 Å². The lowest BCUT2D eigenvalue weighted by atomic mass is 10.2. The van der Waals surface area contributed by atoms with E-state index in [1.165, 1.54) is 22.5 Å². The lowest BCUT2D eigenvalue weighted by Crippen LogP contribution is -2.47. The van der Waals surface area contributed by atoms with Crippen molar-refractivity contribution < 1.29 is 13.2 Å². The topological polar surface area (TPSA) is 60.9 Å². The average molecular weight is 374 g/mol. The van der Waals surface area contributed by atoms with Crippen LogP contribution in [0.3, 0.4) is 0 Å². The molecule has 24 heavy (non-hydrogen) atoms. The molecule has 1 aromatic rings. The van der Waals surface area contributed by atoms with E-state index in [-0.39, 0.29) is 21.4 Å². The molecule has 0 bridgehead atoms. The number of amides is 1. The van der Waals surface area contributed by atoms with Gasteiger partial charge in [0.2, 0.25) is 10.0 Å². The molecule has 1 aliphatic rings. The molecule has 6 nitrogen and oxygen atoms in total. The van der Waals surface area contributed by atoms with Gasteiger partial charge in [-0.1, -0.05) is 25.4 Å². The summed E-state index contributed by atoms with van der Waals surface area (Å²) in [5.74, 6) is -0.218. The molecule has 0 unspecified atom stereocenters. The van der Waals surface area contributed by atoms with Gasteiger partial charge < -0.3 is 9.80 Å². The van der Waals surface area contributed by atoms with Gasteiger partial charge in [-0.3, -0.25) is 4.79 Å². The maximum absolute atomic E-state index is 12.7. The monoisotopic (exact) mass is 373 g/mol. The molecule has 0 N–H and O–H groups in total. The van der Waals surface area contributed by atoms with E-state index in [1.54, 1.807) is 18.7 Å². The van der Waals surface area contributed by atoms with E-state index in [9.17, 15) is 13.2 Å². The number of carbonyl (C=O) groups excluding carboxylic acids is 1. The number of hydrogen-bond acceptors (Lipinski definition) is 4. The van der Waals surface area contributed by atoms with Crippen molar-refractivity contribution in [1.29, 1.82) is 0 Å². The van der Waals surface area contributed by atoms with Crippen molar-refractivity contribution in [2.24, 2.45) is 0 Å². The van der Waals surface area contributed by atoms with E-state index in [0.717, 1.165) is 13.1 Å². The number of rotatable bonds is 5.